The summed E-state index contributed by atoms with van der Waals surface area (Å²) in [5, 5.41) is 3.27. The number of nitroso groups, excluding NO2 is 1. The van der Waals surface area contributed by atoms with Gasteiger partial charge in [-0.1, -0.05) is 36.7 Å². The van der Waals surface area contributed by atoms with Gasteiger partial charge in [-0.15, -0.1) is 4.91 Å². The summed E-state index contributed by atoms with van der Waals surface area (Å²) in [4.78, 5) is 16.2. The van der Waals surface area contributed by atoms with Gasteiger partial charge in [0.1, 0.15) is 4.91 Å². The van der Waals surface area contributed by atoms with E-state index in [1.807, 2.05) is 0 Å². The number of hydrogen-bond donors (Lipinski definition) is 0. The molecule has 8 nitrogen and oxygen atoms in total. The van der Waals surface area contributed by atoms with Crippen molar-refractivity contribution in [1.82, 2.24) is 0 Å². The minimum Gasteiger partial charge on any atom is -0.269 e. The van der Waals surface area contributed by atoms with Gasteiger partial charge in [0.2, 0.25) is 10.0 Å². The summed E-state index contributed by atoms with van der Waals surface area (Å²) >= 11 is 6.43. The van der Waals surface area contributed by atoms with Crippen LogP contribution < -0.4 is 4.31 Å². The normalized spacial score (nSPS) is 19.3. The van der Waals surface area contributed by atoms with E-state index in [2.05, 4.69) is 10.2 Å². The van der Waals surface area contributed by atoms with Crippen molar-refractivity contribution < 1.29 is 16.8 Å². The molecule has 33 heavy (non-hydrogen) atoms. The number of nitrogens with zero attached hydrogens (tertiary/aromatic N) is 3. The molecule has 0 amide bonds. The molecule has 0 radical (unpaired) electrons. The Hall–Kier alpha value is -2.30. The second kappa shape index (κ2) is 8.81. The van der Waals surface area contributed by atoms with Crippen LogP contribution in [0.4, 0.5) is 5.69 Å². The van der Waals surface area contributed by atoms with Crippen LogP contribution in [-0.2, 0) is 26.3 Å². The van der Waals surface area contributed by atoms with Crippen LogP contribution in [0.3, 0.4) is 0 Å². The number of anilines is 1. The van der Waals surface area contributed by atoms with Crippen molar-refractivity contribution >= 4 is 48.3 Å². The van der Waals surface area contributed by atoms with Crippen LogP contribution in [0.15, 0.2) is 51.4 Å². The fourth-order valence-corrected chi connectivity index (χ4v) is 7.38. The maximum atomic E-state index is 13.9. The molecule has 0 N–H and O–H groups in total. The molecule has 2 heterocycles. The summed E-state index contributed by atoms with van der Waals surface area (Å²) < 4.78 is 52.5. The third-order valence-electron chi connectivity index (χ3n) is 5.89. The molecular weight excluding hydrogens is 486 g/mol. The highest BCUT2D eigenvalue weighted by molar-refractivity contribution is 8.02. The third kappa shape index (κ3) is 3.98. The molecule has 2 aliphatic rings. The molecular formula is C22H26ClN3O5S2. The molecule has 178 valence electrons. The van der Waals surface area contributed by atoms with Gasteiger partial charge in [0, 0.05) is 30.3 Å². The summed E-state index contributed by atoms with van der Waals surface area (Å²) in [5.41, 5.74) is 1.06. The van der Waals surface area contributed by atoms with Crippen molar-refractivity contribution in [2.45, 2.75) is 45.3 Å². The lowest BCUT2D eigenvalue weighted by Crippen LogP contribution is -2.38. The highest BCUT2D eigenvalue weighted by Gasteiger charge is 2.49. The number of halogens is 1. The molecule has 0 bridgehead atoms. The molecule has 0 atom stereocenters. The Morgan fingerprint density at radius 3 is 2.45 bits per heavy atom. The molecule has 2 aliphatic heterocycles. The second-order valence-corrected chi connectivity index (χ2v) is 12.9. The van der Waals surface area contributed by atoms with Gasteiger partial charge >= 0.3 is 0 Å². The summed E-state index contributed by atoms with van der Waals surface area (Å²) in [6, 6.07) is 2.94. The zero-order chi connectivity index (χ0) is 24.8. The quantitative estimate of drug-likeness (QED) is 0.517. The maximum absolute atomic E-state index is 13.9. The van der Waals surface area contributed by atoms with E-state index in [0.717, 1.165) is 10.6 Å². The third-order valence-corrected chi connectivity index (χ3v) is 9.95. The Labute approximate surface area is 199 Å². The summed E-state index contributed by atoms with van der Waals surface area (Å²) in [6.07, 6.45) is 6.83. The van der Waals surface area contributed by atoms with Gasteiger partial charge in [-0.25, -0.2) is 16.8 Å². The van der Waals surface area contributed by atoms with E-state index in [1.165, 1.54) is 12.1 Å². The summed E-state index contributed by atoms with van der Waals surface area (Å²) in [6.45, 7) is 6.63. The molecule has 0 aromatic heterocycles. The minimum absolute atomic E-state index is 0.0927. The Kier molecular flexibility index (Phi) is 6.76. The van der Waals surface area contributed by atoms with Crippen LogP contribution >= 0.6 is 11.6 Å². The number of benzene rings is 1. The lowest BCUT2D eigenvalue weighted by molar-refractivity contribution is 0.576. The summed E-state index contributed by atoms with van der Waals surface area (Å²) in [7, 11) is -7.85. The molecule has 0 unspecified atom stereocenters. The van der Waals surface area contributed by atoms with Crippen LogP contribution in [0.1, 0.15) is 45.2 Å². The van der Waals surface area contributed by atoms with Crippen LogP contribution in [0.2, 0.25) is 5.02 Å². The Balaban J connectivity index is 2.52. The second-order valence-electron chi connectivity index (χ2n) is 8.20. The lowest BCUT2D eigenvalue weighted by Gasteiger charge is -2.34. The van der Waals surface area contributed by atoms with E-state index in [-0.39, 0.29) is 45.5 Å². The van der Waals surface area contributed by atoms with Crippen molar-refractivity contribution in [2.24, 2.45) is 10.2 Å². The Bertz CT molecular complexity index is 1350. The first-order valence-corrected chi connectivity index (χ1v) is 14.1. The monoisotopic (exact) mass is 511 g/mol. The van der Waals surface area contributed by atoms with E-state index >= 15 is 0 Å². The van der Waals surface area contributed by atoms with Crippen molar-refractivity contribution in [3.8, 4) is 0 Å². The van der Waals surface area contributed by atoms with E-state index in [0.29, 0.717) is 17.6 Å². The first-order chi connectivity index (χ1) is 15.3. The lowest BCUT2D eigenvalue weighted by atomic mass is 9.95. The van der Waals surface area contributed by atoms with Gasteiger partial charge in [-0.05, 0) is 44.0 Å². The van der Waals surface area contributed by atoms with Gasteiger partial charge in [-0.2, -0.15) is 0 Å². The summed E-state index contributed by atoms with van der Waals surface area (Å²) in [5.74, 6) is 0. The predicted molar refractivity (Wildman–Crippen MR) is 134 cm³/mol. The molecule has 0 saturated carbocycles. The standard InChI is InChI=1S/C22H26ClN3O5S2/c1-6-14-15(11-12-17(23)20(14)26(7-2)32(5,28)29)21-19(25-27)18-16(10-8-9-13-24-18)22(3,4)33(21,30)31/h8,10-13H,6-7,9H2,1-5H3. The van der Waals surface area contributed by atoms with Gasteiger partial charge in [0.15, 0.2) is 15.5 Å². The van der Waals surface area contributed by atoms with E-state index < -0.39 is 24.6 Å². The number of hydrogen-bond acceptors (Lipinski definition) is 7. The van der Waals surface area contributed by atoms with Crippen LogP contribution in [0.25, 0.3) is 4.91 Å². The highest BCUT2D eigenvalue weighted by Crippen LogP contribution is 2.49. The molecule has 0 fully saturated rings. The molecule has 1 aromatic carbocycles. The largest absolute Gasteiger partial charge is 0.269 e. The number of rotatable bonds is 6. The smallest absolute Gasteiger partial charge is 0.232 e. The fraction of sp³-hybridized carbons (Fsp3) is 0.409. The van der Waals surface area contributed by atoms with Crippen LogP contribution in [0, 0.1) is 4.91 Å². The molecule has 0 spiro atoms. The number of aliphatic imine (C=N–C) groups is 1. The zero-order valence-corrected chi connectivity index (χ0v) is 21.5. The van der Waals surface area contributed by atoms with Gasteiger partial charge in [0.05, 0.1) is 27.4 Å². The topological polar surface area (TPSA) is 113 Å². The number of sulfone groups is 1. The van der Waals surface area contributed by atoms with Crippen molar-refractivity contribution in [3.63, 3.8) is 0 Å². The fourth-order valence-electron chi connectivity index (χ4n) is 4.21. The number of allylic oxidation sites excluding steroid dienone is 2. The minimum atomic E-state index is -4.14. The first-order valence-electron chi connectivity index (χ1n) is 10.4. The van der Waals surface area contributed by atoms with Crippen LogP contribution in [-0.4, -0.2) is 40.6 Å². The first kappa shape index (κ1) is 25.3. The highest BCUT2D eigenvalue weighted by atomic mass is 35.5. The molecule has 1 aromatic rings. The van der Waals surface area contributed by atoms with Crippen LogP contribution in [0.5, 0.6) is 0 Å². The molecule has 0 saturated heterocycles. The number of sulfonamides is 1. The van der Waals surface area contributed by atoms with E-state index in [9.17, 15) is 21.7 Å². The SMILES string of the molecule is CCc1c(C2=C(N=O)C3=C(C=CCC=N3)C(C)(C)S2(=O)=O)ccc(Cl)c1N(CC)S(C)(=O)=O. The average molecular weight is 512 g/mol. The zero-order valence-electron chi connectivity index (χ0n) is 19.1. The predicted octanol–water partition coefficient (Wildman–Crippen LogP) is 4.62. The van der Waals surface area contributed by atoms with Crippen molar-refractivity contribution in [2.75, 3.05) is 17.1 Å². The van der Waals surface area contributed by atoms with E-state index in [1.54, 1.807) is 46.1 Å². The van der Waals surface area contributed by atoms with Gasteiger partial charge in [0.25, 0.3) is 0 Å². The Morgan fingerprint density at radius 2 is 1.91 bits per heavy atom. The Morgan fingerprint density at radius 1 is 1.24 bits per heavy atom. The molecule has 3 rings (SSSR count). The van der Waals surface area contributed by atoms with Crippen molar-refractivity contribution in [1.29, 1.82) is 0 Å². The van der Waals surface area contributed by atoms with Gasteiger partial charge < -0.3 is 0 Å². The maximum Gasteiger partial charge on any atom is 0.232 e. The molecule has 0 aliphatic carbocycles. The van der Waals surface area contributed by atoms with E-state index in [4.69, 9.17) is 11.6 Å². The average Bonchev–Trinajstić information content (AvgIpc) is 2.98. The molecule has 11 heteroatoms. The van der Waals surface area contributed by atoms with Crippen molar-refractivity contribution in [3.05, 3.63) is 62.3 Å². The van der Waals surface area contributed by atoms with Gasteiger partial charge in [-0.3, -0.25) is 9.30 Å².